The van der Waals surface area contributed by atoms with E-state index in [-0.39, 0.29) is 5.91 Å². The molecule has 0 aromatic heterocycles. The molecule has 1 aromatic rings. The number of halogens is 1. The summed E-state index contributed by atoms with van der Waals surface area (Å²) >= 11 is 6.14. The van der Waals surface area contributed by atoms with Gasteiger partial charge in [-0.25, -0.2) is 0 Å². The molecule has 1 N–H and O–H groups in total. The van der Waals surface area contributed by atoms with Gasteiger partial charge in [0.05, 0.1) is 10.6 Å². The molecule has 3 rings (SSSR count). The van der Waals surface area contributed by atoms with E-state index in [1.807, 2.05) is 23.1 Å². The number of nitrogens with one attached hydrogen (secondary N) is 1. The van der Waals surface area contributed by atoms with Crippen molar-refractivity contribution in [2.45, 2.75) is 37.8 Å². The maximum Gasteiger partial charge on any atom is 0.255 e. The van der Waals surface area contributed by atoms with E-state index in [2.05, 4.69) is 5.32 Å². The molecule has 0 radical (unpaired) electrons. The lowest BCUT2D eigenvalue weighted by molar-refractivity contribution is 0.0729. The predicted molar refractivity (Wildman–Crippen MR) is 76.5 cm³/mol. The molecule has 1 aliphatic heterocycles. The Morgan fingerprint density at radius 2 is 2.11 bits per heavy atom. The fraction of sp³-hybridized carbons (Fsp3) is 0.533. The molecule has 2 fully saturated rings. The molecule has 1 heterocycles. The Morgan fingerprint density at radius 3 is 2.74 bits per heavy atom. The van der Waals surface area contributed by atoms with Crippen LogP contribution in [-0.4, -0.2) is 36.0 Å². The van der Waals surface area contributed by atoms with Crippen LogP contribution in [0.15, 0.2) is 24.3 Å². The molecule has 0 bridgehead atoms. The monoisotopic (exact) mass is 278 g/mol. The summed E-state index contributed by atoms with van der Waals surface area (Å²) < 4.78 is 0. The van der Waals surface area contributed by atoms with Crippen LogP contribution in [0.2, 0.25) is 5.02 Å². The van der Waals surface area contributed by atoms with Crippen LogP contribution in [0.5, 0.6) is 0 Å². The molecule has 19 heavy (non-hydrogen) atoms. The molecule has 1 atom stereocenters. The minimum absolute atomic E-state index is 0.0850. The second kappa shape index (κ2) is 5.51. The zero-order valence-electron chi connectivity index (χ0n) is 10.9. The third-order valence-electron chi connectivity index (χ3n) is 3.93. The molecule has 1 aliphatic carbocycles. The van der Waals surface area contributed by atoms with E-state index in [1.54, 1.807) is 6.07 Å². The van der Waals surface area contributed by atoms with Gasteiger partial charge in [-0.05, 0) is 44.4 Å². The van der Waals surface area contributed by atoms with Crippen LogP contribution < -0.4 is 5.32 Å². The van der Waals surface area contributed by atoms with Crippen molar-refractivity contribution in [2.75, 3.05) is 13.1 Å². The number of benzene rings is 1. The van der Waals surface area contributed by atoms with Crippen LogP contribution in [0, 0.1) is 0 Å². The SMILES string of the molecule is O=C(c1ccccc1Cl)N(CC1CCCN1)C1CC1. The van der Waals surface area contributed by atoms with E-state index >= 15 is 0 Å². The Bertz CT molecular complexity index is 467. The number of amides is 1. The summed E-state index contributed by atoms with van der Waals surface area (Å²) in [6.07, 6.45) is 4.63. The van der Waals surface area contributed by atoms with E-state index in [0.29, 0.717) is 22.7 Å². The first-order chi connectivity index (χ1) is 9.25. The summed E-state index contributed by atoms with van der Waals surface area (Å²) in [4.78, 5) is 14.7. The highest BCUT2D eigenvalue weighted by Gasteiger charge is 2.35. The molecule has 1 saturated heterocycles. The van der Waals surface area contributed by atoms with Gasteiger partial charge in [0, 0.05) is 18.6 Å². The first kappa shape index (κ1) is 12.9. The first-order valence-electron chi connectivity index (χ1n) is 7.04. The van der Waals surface area contributed by atoms with Crippen LogP contribution in [-0.2, 0) is 0 Å². The van der Waals surface area contributed by atoms with Crippen LogP contribution in [0.25, 0.3) is 0 Å². The van der Waals surface area contributed by atoms with Gasteiger partial charge in [-0.1, -0.05) is 23.7 Å². The Kier molecular flexibility index (Phi) is 3.76. The summed E-state index contributed by atoms with van der Waals surface area (Å²) in [6.45, 7) is 1.89. The van der Waals surface area contributed by atoms with Gasteiger partial charge in [-0.3, -0.25) is 4.79 Å². The minimum atomic E-state index is 0.0850. The molecule has 3 nitrogen and oxygen atoms in total. The van der Waals surface area contributed by atoms with Gasteiger partial charge >= 0.3 is 0 Å². The maximum atomic E-state index is 12.6. The molecule has 1 unspecified atom stereocenters. The quantitative estimate of drug-likeness (QED) is 0.918. The number of carbonyl (C=O) groups is 1. The molecule has 0 spiro atoms. The van der Waals surface area contributed by atoms with E-state index in [1.165, 1.54) is 12.8 Å². The number of hydrogen-bond donors (Lipinski definition) is 1. The van der Waals surface area contributed by atoms with Crippen molar-refractivity contribution < 1.29 is 4.79 Å². The first-order valence-corrected chi connectivity index (χ1v) is 7.42. The number of hydrogen-bond acceptors (Lipinski definition) is 2. The van der Waals surface area contributed by atoms with Gasteiger partial charge in [-0.2, -0.15) is 0 Å². The largest absolute Gasteiger partial charge is 0.334 e. The molecule has 1 saturated carbocycles. The van der Waals surface area contributed by atoms with Gasteiger partial charge in [-0.15, -0.1) is 0 Å². The fourth-order valence-electron chi connectivity index (χ4n) is 2.72. The number of nitrogens with zero attached hydrogens (tertiary/aromatic N) is 1. The highest BCUT2D eigenvalue weighted by Crippen LogP contribution is 2.30. The topological polar surface area (TPSA) is 32.3 Å². The summed E-state index contributed by atoms with van der Waals surface area (Å²) in [6, 6.07) is 8.21. The molecule has 1 aromatic carbocycles. The summed E-state index contributed by atoms with van der Waals surface area (Å²) in [5, 5.41) is 4.02. The Morgan fingerprint density at radius 1 is 1.32 bits per heavy atom. The van der Waals surface area contributed by atoms with Crippen molar-refractivity contribution in [2.24, 2.45) is 0 Å². The molecule has 102 valence electrons. The minimum Gasteiger partial charge on any atom is -0.334 e. The van der Waals surface area contributed by atoms with E-state index in [4.69, 9.17) is 11.6 Å². The lowest BCUT2D eigenvalue weighted by atomic mass is 10.1. The van der Waals surface area contributed by atoms with Crippen molar-refractivity contribution in [3.63, 3.8) is 0 Å². The van der Waals surface area contributed by atoms with Gasteiger partial charge in [0.2, 0.25) is 0 Å². The van der Waals surface area contributed by atoms with Crippen molar-refractivity contribution >= 4 is 17.5 Å². The Hall–Kier alpha value is -1.06. The highest BCUT2D eigenvalue weighted by molar-refractivity contribution is 6.33. The second-order valence-corrected chi connectivity index (χ2v) is 5.87. The third-order valence-corrected chi connectivity index (χ3v) is 4.26. The second-order valence-electron chi connectivity index (χ2n) is 5.46. The van der Waals surface area contributed by atoms with Gasteiger partial charge in [0.1, 0.15) is 0 Å². The zero-order chi connectivity index (χ0) is 13.2. The van der Waals surface area contributed by atoms with Crippen molar-refractivity contribution in [3.05, 3.63) is 34.9 Å². The van der Waals surface area contributed by atoms with Gasteiger partial charge in [0.15, 0.2) is 0 Å². The van der Waals surface area contributed by atoms with Gasteiger partial charge < -0.3 is 10.2 Å². The predicted octanol–water partition coefficient (Wildman–Crippen LogP) is 2.70. The molecule has 4 heteroatoms. The zero-order valence-corrected chi connectivity index (χ0v) is 11.7. The molecular formula is C15H19ClN2O. The molecule has 1 amide bonds. The van der Waals surface area contributed by atoms with E-state index in [9.17, 15) is 4.79 Å². The third kappa shape index (κ3) is 2.93. The summed E-state index contributed by atoms with van der Waals surface area (Å²) in [5.74, 6) is 0.0850. The van der Waals surface area contributed by atoms with Crippen LogP contribution in [0.1, 0.15) is 36.0 Å². The van der Waals surface area contributed by atoms with E-state index < -0.39 is 0 Å². The van der Waals surface area contributed by atoms with Crippen molar-refractivity contribution in [1.29, 1.82) is 0 Å². The Labute approximate surface area is 118 Å². The van der Waals surface area contributed by atoms with Gasteiger partial charge in [0.25, 0.3) is 5.91 Å². The summed E-state index contributed by atoms with van der Waals surface area (Å²) in [7, 11) is 0. The number of rotatable bonds is 4. The van der Waals surface area contributed by atoms with Crippen LogP contribution in [0.4, 0.5) is 0 Å². The average Bonchev–Trinajstić information content (AvgIpc) is 3.13. The standard InChI is InChI=1S/C15H19ClN2O/c16-14-6-2-1-5-13(14)15(19)18(12-7-8-12)10-11-4-3-9-17-11/h1-2,5-6,11-12,17H,3-4,7-10H2. The fourth-order valence-corrected chi connectivity index (χ4v) is 2.94. The average molecular weight is 279 g/mol. The highest BCUT2D eigenvalue weighted by atomic mass is 35.5. The maximum absolute atomic E-state index is 12.6. The van der Waals surface area contributed by atoms with Crippen molar-refractivity contribution in [3.8, 4) is 0 Å². The lowest BCUT2D eigenvalue weighted by Gasteiger charge is -2.26. The molecular weight excluding hydrogens is 260 g/mol. The molecule has 2 aliphatic rings. The van der Waals surface area contributed by atoms with Crippen LogP contribution in [0.3, 0.4) is 0 Å². The van der Waals surface area contributed by atoms with E-state index in [0.717, 1.165) is 25.9 Å². The summed E-state index contributed by atoms with van der Waals surface area (Å²) in [5.41, 5.74) is 0.633. The van der Waals surface area contributed by atoms with Crippen molar-refractivity contribution in [1.82, 2.24) is 10.2 Å². The number of carbonyl (C=O) groups excluding carboxylic acids is 1. The van der Waals surface area contributed by atoms with Crippen LogP contribution >= 0.6 is 11.6 Å². The normalized spacial score (nSPS) is 22.5. The lowest BCUT2D eigenvalue weighted by Crippen LogP contribution is -2.42. The Balaban J connectivity index is 1.76. The smallest absolute Gasteiger partial charge is 0.255 e.